The van der Waals surface area contributed by atoms with Gasteiger partial charge in [0.05, 0.1) is 0 Å². The van der Waals surface area contributed by atoms with Crippen molar-refractivity contribution >= 4 is 21.7 Å². The number of amides is 2. The SMILES string of the molecule is CC(CCN1Cc2cc(C#CC#CC3CNC3)ccc2C1=O)(C(=O)NOC1CCCCO1)S(C)(=O)=O. The van der Waals surface area contributed by atoms with Crippen molar-refractivity contribution in [3.63, 3.8) is 0 Å². The van der Waals surface area contributed by atoms with Crippen LogP contribution in [0.1, 0.15) is 54.1 Å². The molecule has 2 fully saturated rings. The van der Waals surface area contributed by atoms with Gasteiger partial charge in [0.2, 0.25) is 0 Å². The van der Waals surface area contributed by atoms with E-state index in [0.29, 0.717) is 31.1 Å². The predicted molar refractivity (Wildman–Crippen MR) is 133 cm³/mol. The Bertz CT molecular complexity index is 1250. The van der Waals surface area contributed by atoms with Crippen LogP contribution in [0.4, 0.5) is 0 Å². The molecular formula is C26H31N3O6S. The second-order valence-electron chi connectivity index (χ2n) is 9.57. The molecule has 0 radical (unpaired) electrons. The molecule has 2 N–H and O–H groups in total. The molecule has 3 heterocycles. The number of nitrogens with zero attached hydrogens (tertiary/aromatic N) is 1. The minimum Gasteiger partial charge on any atom is -0.350 e. The Labute approximate surface area is 212 Å². The topological polar surface area (TPSA) is 114 Å². The molecule has 0 aromatic heterocycles. The number of nitrogens with one attached hydrogen (secondary N) is 2. The Morgan fingerprint density at radius 1 is 1.31 bits per heavy atom. The maximum atomic E-state index is 12.9. The molecule has 9 nitrogen and oxygen atoms in total. The molecule has 2 atom stereocenters. The van der Waals surface area contributed by atoms with E-state index in [4.69, 9.17) is 9.57 Å². The van der Waals surface area contributed by atoms with E-state index in [2.05, 4.69) is 34.5 Å². The average molecular weight is 514 g/mol. The Morgan fingerprint density at radius 3 is 2.78 bits per heavy atom. The first-order chi connectivity index (χ1) is 17.2. The lowest BCUT2D eigenvalue weighted by atomic mass is 10.0. The lowest BCUT2D eigenvalue weighted by Crippen LogP contribution is -2.52. The summed E-state index contributed by atoms with van der Waals surface area (Å²) < 4.78 is 28.9. The molecule has 0 aliphatic carbocycles. The van der Waals surface area contributed by atoms with Gasteiger partial charge in [-0.1, -0.05) is 11.8 Å². The molecule has 0 spiro atoms. The van der Waals surface area contributed by atoms with E-state index < -0.39 is 26.8 Å². The van der Waals surface area contributed by atoms with Crippen molar-refractivity contribution in [1.29, 1.82) is 0 Å². The molecule has 192 valence electrons. The Balaban J connectivity index is 1.38. The number of hydrogen-bond acceptors (Lipinski definition) is 7. The van der Waals surface area contributed by atoms with Gasteiger partial charge in [0.25, 0.3) is 11.8 Å². The van der Waals surface area contributed by atoms with Crippen molar-refractivity contribution in [3.8, 4) is 23.7 Å². The fraction of sp³-hybridized carbons (Fsp3) is 0.538. The van der Waals surface area contributed by atoms with E-state index >= 15 is 0 Å². The van der Waals surface area contributed by atoms with Gasteiger partial charge in [0, 0.05) is 62.5 Å². The third-order valence-corrected chi connectivity index (χ3v) is 8.92. The smallest absolute Gasteiger partial charge is 0.264 e. The normalized spacial score (nSPS) is 21.2. The summed E-state index contributed by atoms with van der Waals surface area (Å²) in [4.78, 5) is 32.7. The number of sulfone groups is 1. The van der Waals surface area contributed by atoms with Crippen LogP contribution in [0.15, 0.2) is 18.2 Å². The summed E-state index contributed by atoms with van der Waals surface area (Å²) in [5.41, 5.74) is 4.39. The molecule has 1 aromatic rings. The third kappa shape index (κ3) is 5.91. The maximum Gasteiger partial charge on any atom is 0.264 e. The highest BCUT2D eigenvalue weighted by atomic mass is 32.2. The van der Waals surface area contributed by atoms with Gasteiger partial charge in [-0.25, -0.2) is 18.7 Å². The van der Waals surface area contributed by atoms with Crippen molar-refractivity contribution in [2.24, 2.45) is 5.92 Å². The van der Waals surface area contributed by atoms with Gasteiger partial charge >= 0.3 is 0 Å². The van der Waals surface area contributed by atoms with Gasteiger partial charge in [0.1, 0.15) is 0 Å². The fourth-order valence-corrected chi connectivity index (χ4v) is 4.96. The highest BCUT2D eigenvalue weighted by Crippen LogP contribution is 2.28. The van der Waals surface area contributed by atoms with Gasteiger partial charge in [-0.05, 0) is 61.8 Å². The van der Waals surface area contributed by atoms with Crippen molar-refractivity contribution < 1.29 is 27.6 Å². The van der Waals surface area contributed by atoms with Crippen LogP contribution in [0.2, 0.25) is 0 Å². The number of ether oxygens (including phenoxy) is 1. The van der Waals surface area contributed by atoms with E-state index in [0.717, 1.165) is 43.3 Å². The summed E-state index contributed by atoms with van der Waals surface area (Å²) in [6.07, 6.45) is 2.78. The largest absolute Gasteiger partial charge is 0.350 e. The number of fused-ring (bicyclic) bond motifs is 1. The van der Waals surface area contributed by atoms with Gasteiger partial charge in [-0.15, -0.1) is 0 Å². The minimum absolute atomic E-state index is 0.0788. The van der Waals surface area contributed by atoms with Gasteiger partial charge < -0.3 is 15.0 Å². The number of carbonyl (C=O) groups is 2. The molecule has 0 bridgehead atoms. The van der Waals surface area contributed by atoms with Crippen molar-refractivity contribution in [3.05, 3.63) is 34.9 Å². The molecule has 3 aliphatic heterocycles. The standard InChI is InChI=1S/C26H31N3O6S/c1-26(36(2,32)33,25(31)28-35-23-9-5-6-14-34-23)12-13-29-18-21-15-19(10-11-22(21)24(29)30)7-3-4-8-20-16-27-17-20/h10-11,15,20,23,27H,5-6,9,12-14,16-18H2,1-2H3,(H,28,31). The molecule has 4 rings (SSSR count). The van der Waals surface area contributed by atoms with Crippen LogP contribution >= 0.6 is 0 Å². The number of hydrogen-bond donors (Lipinski definition) is 2. The first-order valence-corrected chi connectivity index (χ1v) is 14.0. The van der Waals surface area contributed by atoms with E-state index in [1.54, 1.807) is 17.0 Å². The van der Waals surface area contributed by atoms with Gasteiger partial charge in [-0.2, -0.15) is 0 Å². The monoisotopic (exact) mass is 513 g/mol. The number of rotatable bonds is 7. The zero-order valence-corrected chi connectivity index (χ0v) is 21.4. The second-order valence-corrected chi connectivity index (χ2v) is 12.0. The Kier molecular flexibility index (Phi) is 8.01. The van der Waals surface area contributed by atoms with Crippen LogP contribution in [0.25, 0.3) is 0 Å². The minimum atomic E-state index is -3.82. The third-order valence-electron chi connectivity index (χ3n) is 6.89. The maximum absolute atomic E-state index is 12.9. The first kappa shape index (κ1) is 26.2. The van der Waals surface area contributed by atoms with Crippen LogP contribution in [0, 0.1) is 29.6 Å². The molecule has 10 heteroatoms. The van der Waals surface area contributed by atoms with Crippen molar-refractivity contribution in [2.75, 3.05) is 32.5 Å². The lowest BCUT2D eigenvalue weighted by molar-refractivity contribution is -0.201. The van der Waals surface area contributed by atoms with E-state index in [1.165, 1.54) is 6.92 Å². The molecule has 2 saturated heterocycles. The van der Waals surface area contributed by atoms with Gasteiger partial charge in [-0.3, -0.25) is 9.59 Å². The van der Waals surface area contributed by atoms with Crippen LogP contribution in [-0.2, 0) is 30.8 Å². The summed E-state index contributed by atoms with van der Waals surface area (Å²) in [6, 6.07) is 5.36. The van der Waals surface area contributed by atoms with Crippen molar-refractivity contribution in [2.45, 2.75) is 50.2 Å². The fourth-order valence-electron chi connectivity index (χ4n) is 4.12. The number of hydroxylamine groups is 1. The van der Waals surface area contributed by atoms with Crippen LogP contribution in [0.5, 0.6) is 0 Å². The highest BCUT2D eigenvalue weighted by Gasteiger charge is 2.45. The first-order valence-electron chi connectivity index (χ1n) is 12.1. The number of carbonyl (C=O) groups excluding carboxylic acids is 2. The zero-order chi connectivity index (χ0) is 25.8. The second kappa shape index (κ2) is 11.0. The summed E-state index contributed by atoms with van der Waals surface area (Å²) in [6.45, 7) is 4.08. The molecule has 3 aliphatic rings. The molecule has 1 aromatic carbocycles. The zero-order valence-electron chi connectivity index (χ0n) is 20.6. The van der Waals surface area contributed by atoms with Crippen molar-refractivity contribution in [1.82, 2.24) is 15.7 Å². The average Bonchev–Trinajstić information content (AvgIpc) is 3.14. The Hall–Kier alpha value is -2.89. The molecule has 2 amide bonds. The summed E-state index contributed by atoms with van der Waals surface area (Å²) in [5.74, 6) is 11.2. The summed E-state index contributed by atoms with van der Waals surface area (Å²) in [5, 5.41) is 3.16. The quantitative estimate of drug-likeness (QED) is 0.413. The Morgan fingerprint density at radius 2 is 2.11 bits per heavy atom. The summed E-state index contributed by atoms with van der Waals surface area (Å²) >= 11 is 0. The molecule has 36 heavy (non-hydrogen) atoms. The lowest BCUT2D eigenvalue weighted by Gasteiger charge is -2.29. The van der Waals surface area contributed by atoms with E-state index in [9.17, 15) is 18.0 Å². The van der Waals surface area contributed by atoms with Crippen LogP contribution < -0.4 is 10.8 Å². The van der Waals surface area contributed by atoms with Gasteiger partial charge in [0.15, 0.2) is 20.9 Å². The van der Waals surface area contributed by atoms with E-state index in [-0.39, 0.29) is 18.9 Å². The van der Waals surface area contributed by atoms with E-state index in [1.807, 2.05) is 6.07 Å². The molecule has 0 saturated carbocycles. The predicted octanol–water partition coefficient (Wildman–Crippen LogP) is 0.985. The van der Waals surface area contributed by atoms with Crippen LogP contribution in [-0.4, -0.2) is 68.7 Å². The van der Waals surface area contributed by atoms with Crippen LogP contribution in [0.3, 0.4) is 0 Å². The highest BCUT2D eigenvalue weighted by molar-refractivity contribution is 7.92. The molecular weight excluding hydrogens is 482 g/mol. The summed E-state index contributed by atoms with van der Waals surface area (Å²) in [7, 11) is -3.82. The number of benzene rings is 1. The molecule has 2 unspecified atom stereocenters.